The molecule has 2 heterocycles. The first-order chi connectivity index (χ1) is 8.24. The Kier molecular flexibility index (Phi) is 2.15. The monoisotopic (exact) mass is 232 g/mol. The maximum atomic E-state index is 10.6. The van der Waals surface area contributed by atoms with E-state index >= 15 is 0 Å². The van der Waals surface area contributed by atoms with Gasteiger partial charge in [-0.15, -0.1) is 0 Å². The molecule has 86 valence electrons. The van der Waals surface area contributed by atoms with Crippen molar-refractivity contribution in [2.45, 2.75) is 13.2 Å². The number of aromatic carboxylic acids is 1. The van der Waals surface area contributed by atoms with Gasteiger partial charge >= 0.3 is 5.97 Å². The number of carbonyl (C=O) groups is 1. The highest BCUT2D eigenvalue weighted by molar-refractivity contribution is 5.83. The highest BCUT2D eigenvalue weighted by atomic mass is 16.5. The van der Waals surface area contributed by atoms with Gasteiger partial charge in [-0.2, -0.15) is 4.98 Å². The zero-order chi connectivity index (χ0) is 11.8. The normalized spacial score (nSPS) is 13.6. The second-order valence-electron chi connectivity index (χ2n) is 3.70. The topological polar surface area (TPSA) is 85.5 Å². The molecule has 1 N–H and O–H groups in total. The number of aromatic nitrogens is 2. The van der Waals surface area contributed by atoms with Gasteiger partial charge in [0.2, 0.25) is 0 Å². The predicted octanol–water partition coefficient (Wildman–Crippen LogP) is 1.46. The number of benzene rings is 1. The fourth-order valence-electron chi connectivity index (χ4n) is 1.73. The number of hydrogen-bond acceptors (Lipinski definition) is 5. The minimum Gasteiger partial charge on any atom is -0.475 e. The van der Waals surface area contributed by atoms with Crippen molar-refractivity contribution in [3.05, 3.63) is 35.2 Å². The Hall–Kier alpha value is -2.21. The van der Waals surface area contributed by atoms with Gasteiger partial charge in [0.1, 0.15) is 0 Å². The standard InChI is InChI=1S/C11H8N2O4/c14-11(15)9-12-10(17-13-9)6-1-2-7-4-16-5-8(7)3-6/h1-3H,4-5H2,(H,14,15). The lowest BCUT2D eigenvalue weighted by molar-refractivity contribution is 0.0680. The summed E-state index contributed by atoms with van der Waals surface area (Å²) in [7, 11) is 0. The second-order valence-corrected chi connectivity index (χ2v) is 3.70. The average Bonchev–Trinajstić information content (AvgIpc) is 2.97. The number of fused-ring (bicyclic) bond motifs is 1. The lowest BCUT2D eigenvalue weighted by Gasteiger charge is -1.98. The molecule has 6 nitrogen and oxygen atoms in total. The van der Waals surface area contributed by atoms with Gasteiger partial charge < -0.3 is 14.4 Å². The van der Waals surface area contributed by atoms with Gasteiger partial charge in [-0.25, -0.2) is 4.79 Å². The summed E-state index contributed by atoms with van der Waals surface area (Å²) in [5, 5.41) is 12.1. The number of carboxylic acids is 1. The molecular formula is C11H8N2O4. The average molecular weight is 232 g/mol. The van der Waals surface area contributed by atoms with Crippen molar-refractivity contribution in [1.29, 1.82) is 0 Å². The molecule has 0 saturated heterocycles. The molecule has 0 radical (unpaired) electrons. The molecule has 0 atom stereocenters. The molecular weight excluding hydrogens is 224 g/mol. The minimum absolute atomic E-state index is 0.206. The van der Waals surface area contributed by atoms with Crippen LogP contribution in [0.15, 0.2) is 22.7 Å². The summed E-state index contributed by atoms with van der Waals surface area (Å²) in [4.78, 5) is 14.4. The Bertz CT molecular complexity index is 591. The highest BCUT2D eigenvalue weighted by Crippen LogP contribution is 2.25. The molecule has 1 aliphatic heterocycles. The quantitative estimate of drug-likeness (QED) is 0.843. The molecule has 1 aromatic heterocycles. The van der Waals surface area contributed by atoms with Crippen LogP contribution < -0.4 is 0 Å². The fourth-order valence-corrected chi connectivity index (χ4v) is 1.73. The van der Waals surface area contributed by atoms with E-state index in [1.165, 1.54) is 0 Å². The lowest BCUT2D eigenvalue weighted by Crippen LogP contribution is -1.98. The molecule has 0 aliphatic carbocycles. The third-order valence-corrected chi connectivity index (χ3v) is 2.59. The Balaban J connectivity index is 2.00. The van der Waals surface area contributed by atoms with Crippen LogP contribution in [0.2, 0.25) is 0 Å². The number of ether oxygens (including phenoxy) is 1. The Morgan fingerprint density at radius 3 is 2.88 bits per heavy atom. The van der Waals surface area contributed by atoms with E-state index in [1.807, 2.05) is 18.2 Å². The maximum Gasteiger partial charge on any atom is 0.377 e. The van der Waals surface area contributed by atoms with Crippen LogP contribution in [0, 0.1) is 0 Å². The molecule has 2 aromatic rings. The smallest absolute Gasteiger partial charge is 0.377 e. The molecule has 1 aromatic carbocycles. The van der Waals surface area contributed by atoms with Crippen LogP contribution >= 0.6 is 0 Å². The molecule has 6 heteroatoms. The first kappa shape index (κ1) is 9.98. The van der Waals surface area contributed by atoms with Crippen molar-refractivity contribution in [2.24, 2.45) is 0 Å². The van der Waals surface area contributed by atoms with E-state index in [-0.39, 0.29) is 11.7 Å². The van der Waals surface area contributed by atoms with E-state index < -0.39 is 5.97 Å². The van der Waals surface area contributed by atoms with Gasteiger partial charge in [-0.05, 0) is 28.4 Å². The van der Waals surface area contributed by atoms with E-state index in [9.17, 15) is 4.79 Å². The molecule has 1 aliphatic rings. The van der Waals surface area contributed by atoms with E-state index in [0.29, 0.717) is 18.8 Å². The van der Waals surface area contributed by atoms with Crippen LogP contribution in [-0.4, -0.2) is 21.2 Å². The Morgan fingerprint density at radius 2 is 2.12 bits per heavy atom. The van der Waals surface area contributed by atoms with E-state index in [1.54, 1.807) is 0 Å². The van der Waals surface area contributed by atoms with E-state index in [4.69, 9.17) is 14.4 Å². The van der Waals surface area contributed by atoms with Gasteiger partial charge in [0.25, 0.3) is 11.7 Å². The Labute approximate surface area is 95.8 Å². The third-order valence-electron chi connectivity index (χ3n) is 2.59. The number of rotatable bonds is 2. The van der Waals surface area contributed by atoms with E-state index in [2.05, 4.69) is 10.1 Å². The first-order valence-corrected chi connectivity index (χ1v) is 5.01. The summed E-state index contributed by atoms with van der Waals surface area (Å²) >= 11 is 0. The van der Waals surface area contributed by atoms with Crippen LogP contribution in [-0.2, 0) is 18.0 Å². The molecule has 0 saturated carbocycles. The van der Waals surface area contributed by atoms with Crippen molar-refractivity contribution in [3.8, 4) is 11.5 Å². The zero-order valence-electron chi connectivity index (χ0n) is 8.71. The molecule has 0 spiro atoms. The van der Waals surface area contributed by atoms with Gasteiger partial charge in [0.05, 0.1) is 13.2 Å². The van der Waals surface area contributed by atoms with Crippen molar-refractivity contribution < 1.29 is 19.2 Å². The van der Waals surface area contributed by atoms with Crippen LogP contribution in [0.25, 0.3) is 11.5 Å². The second kappa shape index (κ2) is 3.67. The predicted molar refractivity (Wildman–Crippen MR) is 55.2 cm³/mol. The minimum atomic E-state index is -1.20. The van der Waals surface area contributed by atoms with Crippen LogP contribution in [0.4, 0.5) is 0 Å². The van der Waals surface area contributed by atoms with Crippen molar-refractivity contribution >= 4 is 5.97 Å². The van der Waals surface area contributed by atoms with Gasteiger partial charge in [-0.1, -0.05) is 6.07 Å². The zero-order valence-corrected chi connectivity index (χ0v) is 8.71. The van der Waals surface area contributed by atoms with Crippen molar-refractivity contribution in [1.82, 2.24) is 10.1 Å². The molecule has 0 unspecified atom stereocenters. The first-order valence-electron chi connectivity index (χ1n) is 5.01. The summed E-state index contributed by atoms with van der Waals surface area (Å²) in [5.41, 5.74) is 2.90. The van der Waals surface area contributed by atoms with Crippen molar-refractivity contribution in [2.75, 3.05) is 0 Å². The number of carboxylic acid groups (broad SMARTS) is 1. The summed E-state index contributed by atoms with van der Waals surface area (Å²) in [6, 6.07) is 5.61. The summed E-state index contributed by atoms with van der Waals surface area (Å²) in [6.45, 7) is 1.17. The van der Waals surface area contributed by atoms with Crippen LogP contribution in [0.5, 0.6) is 0 Å². The van der Waals surface area contributed by atoms with Gasteiger partial charge in [0, 0.05) is 5.56 Å². The molecule has 0 bridgehead atoms. The molecule has 3 rings (SSSR count). The van der Waals surface area contributed by atoms with Crippen LogP contribution in [0.1, 0.15) is 21.7 Å². The Morgan fingerprint density at radius 1 is 1.29 bits per heavy atom. The highest BCUT2D eigenvalue weighted by Gasteiger charge is 2.17. The van der Waals surface area contributed by atoms with Gasteiger partial charge in [-0.3, -0.25) is 0 Å². The number of nitrogens with zero attached hydrogens (tertiary/aromatic N) is 2. The maximum absolute atomic E-state index is 10.6. The number of hydrogen-bond donors (Lipinski definition) is 1. The summed E-state index contributed by atoms with van der Waals surface area (Å²) < 4.78 is 10.2. The lowest BCUT2D eigenvalue weighted by atomic mass is 10.1. The largest absolute Gasteiger partial charge is 0.475 e. The third kappa shape index (κ3) is 1.68. The van der Waals surface area contributed by atoms with Crippen molar-refractivity contribution in [3.63, 3.8) is 0 Å². The molecule has 0 amide bonds. The fraction of sp³-hybridized carbons (Fsp3) is 0.182. The van der Waals surface area contributed by atoms with E-state index in [0.717, 1.165) is 11.1 Å². The summed E-state index contributed by atoms with van der Waals surface area (Å²) in [5.74, 6) is -1.33. The summed E-state index contributed by atoms with van der Waals surface area (Å²) in [6.07, 6.45) is 0. The SMILES string of the molecule is O=C(O)c1noc(-c2ccc3c(c2)COC3)n1. The van der Waals surface area contributed by atoms with Crippen LogP contribution in [0.3, 0.4) is 0 Å². The molecule has 17 heavy (non-hydrogen) atoms. The van der Waals surface area contributed by atoms with Gasteiger partial charge in [0.15, 0.2) is 0 Å². The molecule has 0 fully saturated rings.